The molecule has 0 aromatic carbocycles. The average molecular weight is 232 g/mol. The van der Waals surface area contributed by atoms with Gasteiger partial charge in [-0.15, -0.1) is 0 Å². The Labute approximate surface area is 103 Å². The highest BCUT2D eigenvalue weighted by Crippen LogP contribution is 2.33. The fourth-order valence-electron chi connectivity index (χ4n) is 2.24. The first-order chi connectivity index (χ1) is 7.95. The number of hydrogen-bond acceptors (Lipinski definition) is 2. The number of rotatable bonds is 2. The number of carbonyl (C=O) groups is 1. The molecule has 1 aliphatic carbocycles. The minimum Gasteiger partial charge on any atom is -0.399 e. The maximum atomic E-state index is 12.4. The zero-order valence-electron chi connectivity index (χ0n) is 10.7. The van der Waals surface area contributed by atoms with Crippen LogP contribution in [0.25, 0.3) is 0 Å². The zero-order valence-corrected chi connectivity index (χ0v) is 10.7. The van der Waals surface area contributed by atoms with Crippen LogP contribution >= 0.6 is 0 Å². The van der Waals surface area contributed by atoms with E-state index >= 15 is 0 Å². The van der Waals surface area contributed by atoms with Gasteiger partial charge in [0.2, 0.25) is 5.91 Å². The molecule has 1 heterocycles. The average Bonchev–Trinajstić information content (AvgIpc) is 2.28. The summed E-state index contributed by atoms with van der Waals surface area (Å²) in [5.41, 5.74) is 6.37. The van der Waals surface area contributed by atoms with E-state index in [-0.39, 0.29) is 23.3 Å². The number of fused-ring (bicyclic) bond motifs is 1. The predicted octanol–water partition coefficient (Wildman–Crippen LogP) is 2.18. The molecule has 1 amide bonds. The first-order valence-electron chi connectivity index (χ1n) is 6.12. The van der Waals surface area contributed by atoms with Gasteiger partial charge in [-0.3, -0.25) is 4.79 Å². The SMILES string of the molecule is CCC(C)(C)N1C=CC2C=C(N)C=CC2C1=O. The van der Waals surface area contributed by atoms with E-state index in [1.165, 1.54) is 0 Å². The van der Waals surface area contributed by atoms with Crippen LogP contribution in [0.2, 0.25) is 0 Å². The fourth-order valence-corrected chi connectivity index (χ4v) is 2.24. The smallest absolute Gasteiger partial charge is 0.234 e. The van der Waals surface area contributed by atoms with Gasteiger partial charge in [-0.2, -0.15) is 0 Å². The minimum atomic E-state index is -0.126. The Kier molecular flexibility index (Phi) is 2.86. The van der Waals surface area contributed by atoms with Gasteiger partial charge in [-0.25, -0.2) is 0 Å². The summed E-state index contributed by atoms with van der Waals surface area (Å²) in [4.78, 5) is 14.3. The third-order valence-corrected chi connectivity index (χ3v) is 3.79. The van der Waals surface area contributed by atoms with Crippen molar-refractivity contribution in [1.29, 1.82) is 0 Å². The van der Waals surface area contributed by atoms with Gasteiger partial charge in [0.25, 0.3) is 0 Å². The van der Waals surface area contributed by atoms with Crippen molar-refractivity contribution in [1.82, 2.24) is 4.90 Å². The first-order valence-corrected chi connectivity index (χ1v) is 6.12. The first kappa shape index (κ1) is 12.0. The number of hydrogen-bond donors (Lipinski definition) is 1. The Balaban J connectivity index is 2.30. The highest BCUT2D eigenvalue weighted by molar-refractivity contribution is 5.84. The maximum absolute atomic E-state index is 12.4. The maximum Gasteiger partial charge on any atom is 0.234 e. The molecule has 3 nitrogen and oxygen atoms in total. The Morgan fingerprint density at radius 3 is 2.76 bits per heavy atom. The third kappa shape index (κ3) is 2.02. The van der Waals surface area contributed by atoms with Crippen molar-refractivity contribution < 1.29 is 4.79 Å². The molecule has 2 N–H and O–H groups in total. The summed E-state index contributed by atoms with van der Waals surface area (Å²) in [5.74, 6) is 0.207. The summed E-state index contributed by atoms with van der Waals surface area (Å²) in [6.07, 6.45) is 10.6. The number of nitrogens with zero attached hydrogens (tertiary/aromatic N) is 1. The summed E-state index contributed by atoms with van der Waals surface area (Å²) >= 11 is 0. The van der Waals surface area contributed by atoms with Gasteiger partial charge in [0, 0.05) is 23.4 Å². The van der Waals surface area contributed by atoms with Gasteiger partial charge in [0.1, 0.15) is 0 Å². The Hall–Kier alpha value is -1.51. The van der Waals surface area contributed by atoms with Gasteiger partial charge in [-0.05, 0) is 26.3 Å². The van der Waals surface area contributed by atoms with Crippen LogP contribution in [0.3, 0.4) is 0 Å². The molecular formula is C14H20N2O. The lowest BCUT2D eigenvalue weighted by atomic mass is 9.82. The standard InChI is InChI=1S/C14H20N2O/c1-4-14(2,3)16-8-7-10-9-11(15)5-6-12(10)13(16)17/h5-10,12H,4,15H2,1-3H3. The van der Waals surface area contributed by atoms with E-state index in [0.29, 0.717) is 0 Å². The topological polar surface area (TPSA) is 46.3 Å². The summed E-state index contributed by atoms with van der Waals surface area (Å²) in [6.45, 7) is 6.28. The van der Waals surface area contributed by atoms with Crippen LogP contribution in [-0.4, -0.2) is 16.3 Å². The summed E-state index contributed by atoms with van der Waals surface area (Å²) < 4.78 is 0. The van der Waals surface area contributed by atoms with Crippen molar-refractivity contribution in [2.75, 3.05) is 0 Å². The Morgan fingerprint density at radius 2 is 2.12 bits per heavy atom. The van der Waals surface area contributed by atoms with Crippen LogP contribution < -0.4 is 5.73 Å². The van der Waals surface area contributed by atoms with Gasteiger partial charge < -0.3 is 10.6 Å². The summed E-state index contributed by atoms with van der Waals surface area (Å²) in [5, 5.41) is 0. The summed E-state index contributed by atoms with van der Waals surface area (Å²) in [7, 11) is 0. The van der Waals surface area contributed by atoms with Crippen LogP contribution in [0.4, 0.5) is 0 Å². The fraction of sp³-hybridized carbons (Fsp3) is 0.500. The molecule has 0 saturated carbocycles. The quantitative estimate of drug-likeness (QED) is 0.793. The normalized spacial score (nSPS) is 28.1. The van der Waals surface area contributed by atoms with Crippen molar-refractivity contribution in [2.45, 2.75) is 32.7 Å². The highest BCUT2D eigenvalue weighted by Gasteiger charge is 2.37. The summed E-state index contributed by atoms with van der Waals surface area (Å²) in [6, 6.07) is 0. The number of carbonyl (C=O) groups excluding carboxylic acids is 1. The highest BCUT2D eigenvalue weighted by atomic mass is 16.2. The minimum absolute atomic E-state index is 0.0851. The van der Waals surface area contributed by atoms with Crippen LogP contribution in [-0.2, 0) is 4.79 Å². The Bertz CT molecular complexity index is 418. The lowest BCUT2D eigenvalue weighted by Crippen LogP contribution is -2.49. The molecule has 92 valence electrons. The largest absolute Gasteiger partial charge is 0.399 e. The molecule has 0 bridgehead atoms. The molecule has 17 heavy (non-hydrogen) atoms. The van der Waals surface area contributed by atoms with E-state index in [0.717, 1.165) is 12.1 Å². The lowest BCUT2D eigenvalue weighted by molar-refractivity contribution is -0.137. The molecule has 0 saturated heterocycles. The molecule has 1 aliphatic heterocycles. The van der Waals surface area contributed by atoms with Crippen LogP contribution in [0.5, 0.6) is 0 Å². The molecule has 3 heteroatoms. The van der Waals surface area contributed by atoms with Gasteiger partial charge in [0.05, 0.1) is 5.92 Å². The molecule has 0 radical (unpaired) electrons. The van der Waals surface area contributed by atoms with Crippen LogP contribution in [0, 0.1) is 11.8 Å². The van der Waals surface area contributed by atoms with Crippen molar-refractivity contribution in [3.05, 3.63) is 36.2 Å². The van der Waals surface area contributed by atoms with E-state index in [1.54, 1.807) is 0 Å². The molecule has 2 aliphatic rings. The van der Waals surface area contributed by atoms with Crippen molar-refractivity contribution in [3.63, 3.8) is 0 Å². The second-order valence-corrected chi connectivity index (χ2v) is 5.34. The molecule has 0 fully saturated rings. The van der Waals surface area contributed by atoms with Gasteiger partial charge >= 0.3 is 0 Å². The van der Waals surface area contributed by atoms with Gasteiger partial charge in [-0.1, -0.05) is 25.2 Å². The second-order valence-electron chi connectivity index (χ2n) is 5.34. The van der Waals surface area contributed by atoms with Crippen LogP contribution in [0.1, 0.15) is 27.2 Å². The molecular weight excluding hydrogens is 212 g/mol. The van der Waals surface area contributed by atoms with Crippen molar-refractivity contribution in [2.24, 2.45) is 17.6 Å². The molecule has 0 aromatic heterocycles. The molecule has 2 unspecified atom stereocenters. The zero-order chi connectivity index (χ0) is 12.6. The molecule has 2 atom stereocenters. The number of allylic oxidation sites excluding steroid dienone is 3. The van der Waals surface area contributed by atoms with Gasteiger partial charge in [0.15, 0.2) is 0 Å². The second kappa shape index (κ2) is 4.06. The lowest BCUT2D eigenvalue weighted by Gasteiger charge is -2.41. The van der Waals surface area contributed by atoms with Crippen molar-refractivity contribution >= 4 is 5.91 Å². The van der Waals surface area contributed by atoms with Crippen LogP contribution in [0.15, 0.2) is 36.2 Å². The van der Waals surface area contributed by atoms with E-state index in [1.807, 2.05) is 29.3 Å². The van der Waals surface area contributed by atoms with E-state index in [4.69, 9.17) is 5.73 Å². The molecule has 0 aromatic rings. The predicted molar refractivity (Wildman–Crippen MR) is 68.7 cm³/mol. The van der Waals surface area contributed by atoms with E-state index in [9.17, 15) is 4.79 Å². The Morgan fingerprint density at radius 1 is 1.41 bits per heavy atom. The monoisotopic (exact) mass is 232 g/mol. The van der Waals surface area contributed by atoms with E-state index in [2.05, 4.69) is 26.8 Å². The van der Waals surface area contributed by atoms with Crippen molar-refractivity contribution in [3.8, 4) is 0 Å². The molecule has 2 rings (SSSR count). The molecule has 0 spiro atoms. The number of amides is 1. The van der Waals surface area contributed by atoms with E-state index < -0.39 is 0 Å². The third-order valence-electron chi connectivity index (χ3n) is 3.79. The number of nitrogens with two attached hydrogens (primary N) is 1.